The number of hydrogen-bond acceptors (Lipinski definition) is 3. The van der Waals surface area contributed by atoms with Crippen LogP contribution in [0.2, 0.25) is 0 Å². The highest BCUT2D eigenvalue weighted by Crippen LogP contribution is 2.24. The Morgan fingerprint density at radius 1 is 1.15 bits per heavy atom. The summed E-state index contributed by atoms with van der Waals surface area (Å²) >= 11 is 0. The molecule has 6 nitrogen and oxygen atoms in total. The summed E-state index contributed by atoms with van der Waals surface area (Å²) in [6.45, 7) is 6.58. The van der Waals surface area contributed by atoms with E-state index in [0.29, 0.717) is 18.8 Å². The Hall–Kier alpha value is -2.11. The van der Waals surface area contributed by atoms with Crippen molar-refractivity contribution in [1.29, 1.82) is 0 Å². The van der Waals surface area contributed by atoms with Gasteiger partial charge in [-0.1, -0.05) is 6.92 Å². The van der Waals surface area contributed by atoms with Gasteiger partial charge in [-0.25, -0.2) is 9.69 Å². The number of carbonyl (C=O) groups excluding carboxylic acids is 2. The number of nitrogens with zero attached hydrogens (tertiary/aromatic N) is 3. The quantitative estimate of drug-likeness (QED) is 0.782. The van der Waals surface area contributed by atoms with E-state index in [1.807, 2.05) is 13.8 Å². The van der Waals surface area contributed by atoms with Gasteiger partial charge in [-0.3, -0.25) is 9.59 Å². The van der Waals surface area contributed by atoms with Crippen LogP contribution < -0.4 is 10.5 Å². The topological polar surface area (TPSA) is 62.6 Å². The first-order valence-electron chi connectivity index (χ1n) is 6.86. The van der Waals surface area contributed by atoms with Gasteiger partial charge in [-0.2, -0.15) is 0 Å². The maximum atomic E-state index is 12.3. The van der Waals surface area contributed by atoms with E-state index < -0.39 is 6.04 Å². The van der Waals surface area contributed by atoms with Crippen LogP contribution in [0.15, 0.2) is 23.1 Å². The molecule has 0 spiro atoms. The van der Waals surface area contributed by atoms with Crippen LogP contribution in [0.25, 0.3) is 0 Å². The Bertz CT molecular complexity index is 594. The molecule has 1 aliphatic heterocycles. The van der Waals surface area contributed by atoms with Crippen molar-refractivity contribution in [3.63, 3.8) is 0 Å². The standard InChI is InChI=1S/C14H19N3O3/c1-4-8-16-10(3)13(19)17(14(16)20)11-6-7-12(18)15(5-2)9-11/h6-7,9-10H,4-5,8H2,1-3H3. The molecule has 0 radical (unpaired) electrons. The second-order valence-electron chi connectivity index (χ2n) is 4.84. The minimum atomic E-state index is -0.454. The molecule has 0 N–H and O–H groups in total. The number of rotatable bonds is 4. The number of aromatic nitrogens is 1. The van der Waals surface area contributed by atoms with E-state index in [4.69, 9.17) is 0 Å². The molecule has 1 atom stereocenters. The van der Waals surface area contributed by atoms with E-state index in [1.165, 1.54) is 16.7 Å². The van der Waals surface area contributed by atoms with Crippen LogP contribution in [-0.2, 0) is 11.3 Å². The number of carbonyl (C=O) groups is 2. The van der Waals surface area contributed by atoms with Crippen LogP contribution in [0.4, 0.5) is 10.5 Å². The SMILES string of the molecule is CCCN1C(=O)N(c2ccc(=O)n(CC)c2)C(=O)C1C. The highest BCUT2D eigenvalue weighted by atomic mass is 16.2. The Morgan fingerprint density at radius 3 is 2.45 bits per heavy atom. The van der Waals surface area contributed by atoms with Crippen molar-refractivity contribution in [2.45, 2.75) is 39.8 Å². The third-order valence-electron chi connectivity index (χ3n) is 3.51. The molecule has 1 aromatic heterocycles. The normalized spacial score (nSPS) is 19.1. The maximum absolute atomic E-state index is 12.3. The molecule has 1 aliphatic rings. The van der Waals surface area contributed by atoms with Gasteiger partial charge < -0.3 is 9.47 Å². The van der Waals surface area contributed by atoms with Crippen molar-refractivity contribution in [1.82, 2.24) is 9.47 Å². The van der Waals surface area contributed by atoms with Gasteiger partial charge in [0.15, 0.2) is 0 Å². The molecule has 108 valence electrons. The molecule has 1 saturated heterocycles. The summed E-state index contributed by atoms with van der Waals surface area (Å²) in [4.78, 5) is 38.9. The molecule has 3 amide bonds. The Balaban J connectivity index is 2.40. The van der Waals surface area contributed by atoms with Gasteiger partial charge in [0.25, 0.3) is 11.5 Å². The zero-order chi connectivity index (χ0) is 14.9. The average Bonchev–Trinajstić information content (AvgIpc) is 2.64. The molecule has 1 aromatic rings. The summed E-state index contributed by atoms with van der Waals surface area (Å²) < 4.78 is 1.48. The first-order valence-corrected chi connectivity index (χ1v) is 6.86. The first-order chi connectivity index (χ1) is 9.51. The maximum Gasteiger partial charge on any atom is 0.332 e. The van der Waals surface area contributed by atoms with Crippen LogP contribution in [0.3, 0.4) is 0 Å². The molecule has 6 heteroatoms. The molecular weight excluding hydrogens is 258 g/mol. The third-order valence-corrected chi connectivity index (χ3v) is 3.51. The van der Waals surface area contributed by atoms with Crippen molar-refractivity contribution in [3.8, 4) is 0 Å². The summed E-state index contributed by atoms with van der Waals surface area (Å²) in [5, 5.41) is 0. The smallest absolute Gasteiger partial charge is 0.314 e. The molecule has 0 saturated carbocycles. The molecule has 2 rings (SSSR count). The van der Waals surface area contributed by atoms with Crippen LogP contribution in [0.5, 0.6) is 0 Å². The van der Waals surface area contributed by atoms with E-state index in [2.05, 4.69) is 0 Å². The van der Waals surface area contributed by atoms with Crippen molar-refractivity contribution in [2.75, 3.05) is 11.4 Å². The molecule has 0 bridgehead atoms. The van der Waals surface area contributed by atoms with Crippen molar-refractivity contribution in [3.05, 3.63) is 28.7 Å². The van der Waals surface area contributed by atoms with Crippen molar-refractivity contribution >= 4 is 17.6 Å². The van der Waals surface area contributed by atoms with Gasteiger partial charge in [0.1, 0.15) is 6.04 Å². The first kappa shape index (κ1) is 14.3. The summed E-state index contributed by atoms with van der Waals surface area (Å²) in [5.41, 5.74) is 0.306. The molecule has 2 heterocycles. The molecule has 0 aromatic carbocycles. The molecular formula is C14H19N3O3. The number of hydrogen-bond donors (Lipinski definition) is 0. The van der Waals surface area contributed by atoms with Crippen LogP contribution >= 0.6 is 0 Å². The third kappa shape index (κ3) is 2.21. The van der Waals surface area contributed by atoms with Gasteiger partial charge >= 0.3 is 6.03 Å². The number of anilines is 1. The fraction of sp³-hybridized carbons (Fsp3) is 0.500. The monoisotopic (exact) mass is 277 g/mol. The van der Waals surface area contributed by atoms with Crippen molar-refractivity contribution < 1.29 is 9.59 Å². The zero-order valence-corrected chi connectivity index (χ0v) is 12.0. The predicted octanol–water partition coefficient (Wildman–Crippen LogP) is 1.44. The number of amides is 3. The number of imide groups is 1. The molecule has 1 unspecified atom stereocenters. The lowest BCUT2D eigenvalue weighted by atomic mass is 10.3. The number of pyridine rings is 1. The van der Waals surface area contributed by atoms with E-state index in [9.17, 15) is 14.4 Å². The largest absolute Gasteiger partial charge is 0.332 e. The number of urea groups is 1. The van der Waals surface area contributed by atoms with E-state index in [0.717, 1.165) is 11.3 Å². The lowest BCUT2D eigenvalue weighted by molar-refractivity contribution is -0.119. The van der Waals surface area contributed by atoms with E-state index >= 15 is 0 Å². The van der Waals surface area contributed by atoms with Crippen LogP contribution in [0, 0.1) is 0 Å². The second kappa shape index (κ2) is 5.48. The number of aryl methyl sites for hydroxylation is 1. The van der Waals surface area contributed by atoms with E-state index in [-0.39, 0.29) is 17.5 Å². The van der Waals surface area contributed by atoms with Crippen molar-refractivity contribution in [2.24, 2.45) is 0 Å². The average molecular weight is 277 g/mol. The summed E-state index contributed by atoms with van der Waals surface area (Å²) in [6.07, 6.45) is 2.35. The minimum Gasteiger partial charge on any atom is -0.314 e. The molecule has 0 aliphatic carbocycles. The van der Waals surface area contributed by atoms with Gasteiger partial charge in [0.05, 0.1) is 5.69 Å². The summed E-state index contributed by atoms with van der Waals surface area (Å²) in [6, 6.07) is 2.13. The second-order valence-corrected chi connectivity index (χ2v) is 4.84. The van der Waals surface area contributed by atoms with Gasteiger partial charge in [0, 0.05) is 25.4 Å². The predicted molar refractivity (Wildman–Crippen MR) is 75.7 cm³/mol. The lowest BCUT2D eigenvalue weighted by Gasteiger charge is -2.18. The summed E-state index contributed by atoms with van der Waals surface area (Å²) in [5.74, 6) is -0.246. The fourth-order valence-corrected chi connectivity index (χ4v) is 2.37. The molecule has 1 fully saturated rings. The lowest BCUT2D eigenvalue weighted by Crippen LogP contribution is -2.35. The fourth-order valence-electron chi connectivity index (χ4n) is 2.37. The van der Waals surface area contributed by atoms with Gasteiger partial charge in [0.2, 0.25) is 0 Å². The van der Waals surface area contributed by atoms with E-state index in [1.54, 1.807) is 18.0 Å². The van der Waals surface area contributed by atoms with Crippen LogP contribution in [-0.4, -0.2) is 34.0 Å². The highest BCUT2D eigenvalue weighted by molar-refractivity contribution is 6.21. The Morgan fingerprint density at radius 2 is 1.85 bits per heavy atom. The minimum absolute atomic E-state index is 0.145. The Kier molecular flexibility index (Phi) is 3.92. The van der Waals surface area contributed by atoms with Gasteiger partial charge in [-0.05, 0) is 26.3 Å². The highest BCUT2D eigenvalue weighted by Gasteiger charge is 2.42. The summed E-state index contributed by atoms with van der Waals surface area (Å²) in [7, 11) is 0. The van der Waals surface area contributed by atoms with Crippen LogP contribution in [0.1, 0.15) is 27.2 Å². The molecule has 20 heavy (non-hydrogen) atoms. The zero-order valence-electron chi connectivity index (χ0n) is 12.0. The Labute approximate surface area is 117 Å². The van der Waals surface area contributed by atoms with Gasteiger partial charge in [-0.15, -0.1) is 0 Å².